The number of rotatable bonds is 5. The molecule has 25 heavy (non-hydrogen) atoms. The van der Waals surface area contributed by atoms with Crippen molar-refractivity contribution in [2.75, 3.05) is 5.32 Å². The summed E-state index contributed by atoms with van der Waals surface area (Å²) in [5, 5.41) is 6.41. The summed E-state index contributed by atoms with van der Waals surface area (Å²) in [6.07, 6.45) is 4.00. The van der Waals surface area contributed by atoms with E-state index in [0.29, 0.717) is 11.1 Å². The number of carbonyl (C=O) groups excluding carboxylic acids is 2. The number of benzene rings is 1. The average molecular weight is 336 g/mol. The van der Waals surface area contributed by atoms with Gasteiger partial charge in [0, 0.05) is 23.5 Å². The summed E-state index contributed by atoms with van der Waals surface area (Å²) < 4.78 is 5.15. The Balaban J connectivity index is 1.91. The van der Waals surface area contributed by atoms with E-state index in [9.17, 15) is 9.59 Å². The fraction of sp³-hybridized carbons (Fsp3) is 0.111. The number of nitrogens with two attached hydrogens (primary N) is 1. The minimum atomic E-state index is -0.746. The van der Waals surface area contributed by atoms with Crippen LogP contribution in [0.5, 0.6) is 0 Å². The molecule has 0 aliphatic carbocycles. The van der Waals surface area contributed by atoms with Gasteiger partial charge in [-0.2, -0.15) is 0 Å². The Morgan fingerprint density at radius 1 is 1.12 bits per heavy atom. The van der Waals surface area contributed by atoms with E-state index in [1.807, 2.05) is 19.1 Å². The smallest absolute Gasteiger partial charge is 0.258 e. The van der Waals surface area contributed by atoms with Crippen LogP contribution < -0.4 is 11.1 Å². The number of pyridine rings is 1. The second-order valence-corrected chi connectivity index (χ2v) is 5.34. The van der Waals surface area contributed by atoms with Crippen molar-refractivity contribution in [3.05, 3.63) is 65.5 Å². The molecule has 2 aromatic heterocycles. The minimum absolute atomic E-state index is 0.0183. The standard InChI is InChI=1S/C18H16N4O3/c1-2-11-3-5-13(6-4-11)17(24)21-18-14(16(19)23)15(22-25-18)12-7-9-20-10-8-12/h3-10H,2H2,1H3,(H2,19,23)(H,21,24). The van der Waals surface area contributed by atoms with Crippen LogP contribution in [0.4, 0.5) is 5.88 Å². The van der Waals surface area contributed by atoms with E-state index in [0.717, 1.165) is 12.0 Å². The van der Waals surface area contributed by atoms with Gasteiger partial charge in [0.1, 0.15) is 11.3 Å². The van der Waals surface area contributed by atoms with Gasteiger partial charge in [0.25, 0.3) is 11.8 Å². The van der Waals surface area contributed by atoms with Crippen LogP contribution in [0.2, 0.25) is 0 Å². The lowest BCUT2D eigenvalue weighted by molar-refractivity contribution is 0.100. The van der Waals surface area contributed by atoms with Gasteiger partial charge in [0.15, 0.2) is 0 Å². The van der Waals surface area contributed by atoms with Crippen LogP contribution >= 0.6 is 0 Å². The van der Waals surface area contributed by atoms with Gasteiger partial charge in [-0.1, -0.05) is 24.2 Å². The minimum Gasteiger partial charge on any atom is -0.365 e. The van der Waals surface area contributed by atoms with E-state index in [4.69, 9.17) is 10.3 Å². The lowest BCUT2D eigenvalue weighted by atomic mass is 10.1. The van der Waals surface area contributed by atoms with Crippen LogP contribution in [-0.4, -0.2) is 22.0 Å². The monoisotopic (exact) mass is 336 g/mol. The van der Waals surface area contributed by atoms with Crippen molar-refractivity contribution in [1.29, 1.82) is 0 Å². The number of hydrogen-bond acceptors (Lipinski definition) is 5. The Morgan fingerprint density at radius 3 is 2.40 bits per heavy atom. The molecule has 7 heteroatoms. The fourth-order valence-electron chi connectivity index (χ4n) is 2.38. The highest BCUT2D eigenvalue weighted by Crippen LogP contribution is 2.28. The van der Waals surface area contributed by atoms with Gasteiger partial charge < -0.3 is 10.3 Å². The molecule has 3 aromatic rings. The van der Waals surface area contributed by atoms with Gasteiger partial charge in [-0.15, -0.1) is 0 Å². The number of anilines is 1. The molecule has 1 aromatic carbocycles. The first kappa shape index (κ1) is 16.4. The number of nitrogens with one attached hydrogen (secondary N) is 1. The first-order valence-corrected chi connectivity index (χ1v) is 7.70. The predicted octanol–water partition coefficient (Wildman–Crippen LogP) is 2.65. The van der Waals surface area contributed by atoms with Crippen LogP contribution in [0, 0.1) is 0 Å². The average Bonchev–Trinajstić information content (AvgIpc) is 3.06. The Morgan fingerprint density at radius 2 is 1.80 bits per heavy atom. The molecule has 0 fully saturated rings. The van der Waals surface area contributed by atoms with E-state index in [2.05, 4.69) is 15.5 Å². The van der Waals surface area contributed by atoms with Gasteiger partial charge >= 0.3 is 0 Å². The first-order chi connectivity index (χ1) is 12.1. The zero-order valence-corrected chi connectivity index (χ0v) is 13.5. The molecule has 0 aliphatic heterocycles. The molecule has 3 N–H and O–H groups in total. The number of amides is 2. The third-order valence-corrected chi connectivity index (χ3v) is 3.74. The van der Waals surface area contributed by atoms with Gasteiger partial charge in [-0.25, -0.2) is 0 Å². The maximum atomic E-state index is 12.4. The molecule has 7 nitrogen and oxygen atoms in total. The summed E-state index contributed by atoms with van der Waals surface area (Å²) in [6, 6.07) is 10.5. The largest absolute Gasteiger partial charge is 0.365 e. The summed E-state index contributed by atoms with van der Waals surface area (Å²) in [4.78, 5) is 28.1. The van der Waals surface area contributed by atoms with Crippen molar-refractivity contribution in [1.82, 2.24) is 10.1 Å². The van der Waals surface area contributed by atoms with Crippen molar-refractivity contribution in [2.24, 2.45) is 5.73 Å². The molecule has 3 rings (SSSR count). The van der Waals surface area contributed by atoms with E-state index in [1.165, 1.54) is 0 Å². The van der Waals surface area contributed by atoms with Gasteiger partial charge in [-0.3, -0.25) is 19.9 Å². The molecular weight excluding hydrogens is 320 g/mol. The second kappa shape index (κ2) is 6.96. The normalized spacial score (nSPS) is 10.4. The van der Waals surface area contributed by atoms with E-state index >= 15 is 0 Å². The van der Waals surface area contributed by atoms with E-state index in [-0.39, 0.29) is 17.1 Å². The molecular formula is C18H16N4O3. The Hall–Kier alpha value is -3.48. The summed E-state index contributed by atoms with van der Waals surface area (Å²) in [7, 11) is 0. The molecule has 0 atom stereocenters. The highest BCUT2D eigenvalue weighted by molar-refractivity contribution is 6.09. The molecule has 0 unspecified atom stereocenters. The molecule has 2 amide bonds. The summed E-state index contributed by atoms with van der Waals surface area (Å²) in [6.45, 7) is 2.03. The third-order valence-electron chi connectivity index (χ3n) is 3.74. The second-order valence-electron chi connectivity index (χ2n) is 5.34. The molecule has 2 heterocycles. The fourth-order valence-corrected chi connectivity index (χ4v) is 2.38. The van der Waals surface area contributed by atoms with Crippen molar-refractivity contribution < 1.29 is 14.1 Å². The first-order valence-electron chi connectivity index (χ1n) is 7.70. The number of hydrogen-bond donors (Lipinski definition) is 2. The molecule has 0 saturated heterocycles. The molecule has 0 bridgehead atoms. The van der Waals surface area contributed by atoms with E-state index < -0.39 is 11.8 Å². The zero-order chi connectivity index (χ0) is 17.8. The van der Waals surface area contributed by atoms with Crippen LogP contribution in [0.3, 0.4) is 0 Å². The zero-order valence-electron chi connectivity index (χ0n) is 13.5. The van der Waals surface area contributed by atoms with Gasteiger partial charge in [-0.05, 0) is 36.2 Å². The Bertz CT molecular complexity index is 902. The molecule has 126 valence electrons. The van der Waals surface area contributed by atoms with E-state index in [1.54, 1.807) is 36.7 Å². The van der Waals surface area contributed by atoms with Crippen molar-refractivity contribution >= 4 is 17.7 Å². The topological polar surface area (TPSA) is 111 Å². The van der Waals surface area contributed by atoms with Crippen molar-refractivity contribution in [2.45, 2.75) is 13.3 Å². The summed E-state index contributed by atoms with van der Waals surface area (Å²) in [5.74, 6) is -1.24. The summed E-state index contributed by atoms with van der Waals surface area (Å²) >= 11 is 0. The highest BCUT2D eigenvalue weighted by atomic mass is 16.5. The summed E-state index contributed by atoms with van der Waals surface area (Å²) in [5.41, 5.74) is 7.89. The lowest BCUT2D eigenvalue weighted by Crippen LogP contribution is -2.17. The SMILES string of the molecule is CCc1ccc(C(=O)Nc2onc(-c3ccncc3)c2C(N)=O)cc1. The van der Waals surface area contributed by atoms with Crippen LogP contribution in [0.15, 0.2) is 53.3 Å². The molecule has 0 spiro atoms. The predicted molar refractivity (Wildman–Crippen MR) is 92.0 cm³/mol. The molecule has 0 aliphatic rings. The van der Waals surface area contributed by atoms with Crippen molar-refractivity contribution in [3.8, 4) is 11.3 Å². The quantitative estimate of drug-likeness (QED) is 0.744. The lowest BCUT2D eigenvalue weighted by Gasteiger charge is -2.04. The molecule has 0 radical (unpaired) electrons. The highest BCUT2D eigenvalue weighted by Gasteiger charge is 2.24. The Labute approximate surface area is 143 Å². The number of aryl methyl sites for hydroxylation is 1. The maximum absolute atomic E-state index is 12.4. The molecule has 0 saturated carbocycles. The van der Waals surface area contributed by atoms with Crippen LogP contribution in [0.1, 0.15) is 33.2 Å². The maximum Gasteiger partial charge on any atom is 0.258 e. The number of nitrogens with zero attached hydrogens (tertiary/aromatic N) is 2. The van der Waals surface area contributed by atoms with Crippen LogP contribution in [-0.2, 0) is 6.42 Å². The van der Waals surface area contributed by atoms with Gasteiger partial charge in [0.05, 0.1) is 0 Å². The number of carbonyl (C=O) groups is 2. The van der Waals surface area contributed by atoms with Crippen LogP contribution in [0.25, 0.3) is 11.3 Å². The van der Waals surface area contributed by atoms with Crippen molar-refractivity contribution in [3.63, 3.8) is 0 Å². The Kier molecular flexibility index (Phi) is 4.56. The van der Waals surface area contributed by atoms with Gasteiger partial charge in [0.2, 0.25) is 5.88 Å². The number of aromatic nitrogens is 2. The third kappa shape index (κ3) is 3.40. The number of primary amides is 1.